The molecule has 2 N–H and O–H groups in total. The first kappa shape index (κ1) is 21.8. The molecule has 0 amide bonds. The van der Waals surface area contributed by atoms with Crippen LogP contribution in [0.4, 0.5) is 0 Å². The van der Waals surface area contributed by atoms with Crippen LogP contribution in [0.3, 0.4) is 0 Å². The second-order valence-corrected chi connectivity index (χ2v) is 4.83. The molecule has 23 heavy (non-hydrogen) atoms. The fourth-order valence-corrected chi connectivity index (χ4v) is 1.81. The van der Waals surface area contributed by atoms with Gasteiger partial charge in [-0.1, -0.05) is 0 Å². The summed E-state index contributed by atoms with van der Waals surface area (Å²) in [7, 11) is 5.10. The third-order valence-corrected chi connectivity index (χ3v) is 2.99. The number of halogens is 1. The monoisotopic (exact) mass is 437 g/mol. The number of ether oxygens (including phenoxy) is 3. The molecule has 1 unspecified atom stereocenters. The van der Waals surface area contributed by atoms with E-state index in [4.69, 9.17) is 14.2 Å². The lowest BCUT2D eigenvalue weighted by molar-refractivity contribution is 0.195. The van der Waals surface area contributed by atoms with Crippen LogP contribution in [0.15, 0.2) is 29.3 Å². The van der Waals surface area contributed by atoms with E-state index in [0.29, 0.717) is 6.54 Å². The van der Waals surface area contributed by atoms with Crippen LogP contribution >= 0.6 is 24.0 Å². The van der Waals surface area contributed by atoms with Gasteiger partial charge in [-0.25, -0.2) is 0 Å². The summed E-state index contributed by atoms with van der Waals surface area (Å²) in [6, 6.07) is 7.55. The number of rotatable bonds is 9. The fourth-order valence-electron chi connectivity index (χ4n) is 1.81. The van der Waals surface area contributed by atoms with Crippen molar-refractivity contribution in [3.63, 3.8) is 0 Å². The summed E-state index contributed by atoms with van der Waals surface area (Å²) in [6.45, 7) is 4.23. The normalized spacial score (nSPS) is 12.1. The summed E-state index contributed by atoms with van der Waals surface area (Å²) in [4.78, 5) is 4.17. The van der Waals surface area contributed by atoms with Crippen molar-refractivity contribution in [2.75, 3.05) is 41.0 Å². The Bertz CT molecular complexity index is 441. The molecule has 1 aromatic carbocycles. The molecule has 1 rings (SSSR count). The second kappa shape index (κ2) is 13.2. The van der Waals surface area contributed by atoms with E-state index in [1.54, 1.807) is 21.3 Å². The van der Waals surface area contributed by atoms with Gasteiger partial charge in [0.05, 0.1) is 13.7 Å². The molecule has 1 aromatic rings. The van der Waals surface area contributed by atoms with Crippen LogP contribution in [-0.2, 0) is 4.74 Å². The predicted octanol–water partition coefficient (Wildman–Crippen LogP) is 2.28. The lowest BCUT2D eigenvalue weighted by Gasteiger charge is -2.18. The van der Waals surface area contributed by atoms with Gasteiger partial charge in [0, 0.05) is 27.3 Å². The van der Waals surface area contributed by atoms with Crippen molar-refractivity contribution in [3.8, 4) is 11.5 Å². The number of guanidine groups is 1. The summed E-state index contributed by atoms with van der Waals surface area (Å²) in [5.74, 6) is 2.40. The summed E-state index contributed by atoms with van der Waals surface area (Å²) < 4.78 is 16.0. The SMILES string of the molecule is CN=C(NCCCOC)NCC(C)Oc1ccc(OC)cc1.I. The Kier molecular flexibility index (Phi) is 12.5. The fraction of sp³-hybridized carbons (Fsp3) is 0.562. The number of methoxy groups -OCH3 is 2. The van der Waals surface area contributed by atoms with E-state index in [1.807, 2.05) is 31.2 Å². The highest BCUT2D eigenvalue weighted by molar-refractivity contribution is 14.0. The highest BCUT2D eigenvalue weighted by Crippen LogP contribution is 2.17. The van der Waals surface area contributed by atoms with Crippen LogP contribution in [0, 0.1) is 0 Å². The van der Waals surface area contributed by atoms with Crippen LogP contribution in [0.25, 0.3) is 0 Å². The zero-order valence-electron chi connectivity index (χ0n) is 14.3. The molecule has 0 fully saturated rings. The van der Waals surface area contributed by atoms with E-state index in [1.165, 1.54) is 0 Å². The van der Waals surface area contributed by atoms with Gasteiger partial charge in [0.1, 0.15) is 17.6 Å². The maximum atomic E-state index is 5.83. The van der Waals surface area contributed by atoms with Crippen LogP contribution in [0.5, 0.6) is 11.5 Å². The largest absolute Gasteiger partial charge is 0.497 e. The van der Waals surface area contributed by atoms with Crippen molar-refractivity contribution in [1.29, 1.82) is 0 Å². The zero-order chi connectivity index (χ0) is 16.2. The van der Waals surface area contributed by atoms with Gasteiger partial charge in [-0.15, -0.1) is 24.0 Å². The highest BCUT2D eigenvalue weighted by atomic mass is 127. The number of nitrogens with one attached hydrogen (secondary N) is 2. The van der Waals surface area contributed by atoms with Gasteiger partial charge in [0.25, 0.3) is 0 Å². The zero-order valence-corrected chi connectivity index (χ0v) is 16.6. The first-order valence-electron chi connectivity index (χ1n) is 7.43. The van der Waals surface area contributed by atoms with Crippen molar-refractivity contribution >= 4 is 29.9 Å². The Morgan fingerprint density at radius 3 is 2.35 bits per heavy atom. The van der Waals surface area contributed by atoms with Gasteiger partial charge < -0.3 is 24.8 Å². The molecule has 7 heteroatoms. The van der Waals surface area contributed by atoms with Gasteiger partial charge in [-0.3, -0.25) is 4.99 Å². The van der Waals surface area contributed by atoms with E-state index in [-0.39, 0.29) is 30.1 Å². The Hall–Kier alpha value is -1.22. The molecular formula is C16H28IN3O3. The molecule has 0 aliphatic carbocycles. The van der Waals surface area contributed by atoms with E-state index in [0.717, 1.165) is 37.0 Å². The molecule has 0 heterocycles. The van der Waals surface area contributed by atoms with Gasteiger partial charge in [0.15, 0.2) is 5.96 Å². The standard InChI is InChI=1S/C16H27N3O3.HI/c1-13(22-15-8-6-14(21-4)7-9-15)12-19-16(17-2)18-10-5-11-20-3;/h6-9,13H,5,10-12H2,1-4H3,(H2,17,18,19);1H. The van der Waals surface area contributed by atoms with Gasteiger partial charge in [0.2, 0.25) is 0 Å². The molecule has 0 saturated carbocycles. The van der Waals surface area contributed by atoms with E-state index in [9.17, 15) is 0 Å². The molecule has 0 bridgehead atoms. The summed E-state index contributed by atoms with van der Waals surface area (Å²) in [5, 5.41) is 6.46. The third-order valence-electron chi connectivity index (χ3n) is 2.99. The number of nitrogens with zero attached hydrogens (tertiary/aromatic N) is 1. The minimum atomic E-state index is 0. The van der Waals surface area contributed by atoms with Crippen LogP contribution in [0.1, 0.15) is 13.3 Å². The number of hydrogen-bond donors (Lipinski definition) is 2. The minimum Gasteiger partial charge on any atom is -0.497 e. The van der Waals surface area contributed by atoms with Gasteiger partial charge in [-0.2, -0.15) is 0 Å². The molecule has 0 aliphatic heterocycles. The summed E-state index contributed by atoms with van der Waals surface area (Å²) in [5.41, 5.74) is 0. The Balaban J connectivity index is 0.00000484. The van der Waals surface area contributed by atoms with Crippen molar-refractivity contribution in [2.45, 2.75) is 19.4 Å². The van der Waals surface area contributed by atoms with Crippen LogP contribution < -0.4 is 20.1 Å². The Morgan fingerprint density at radius 1 is 1.13 bits per heavy atom. The van der Waals surface area contributed by atoms with Crippen molar-refractivity contribution < 1.29 is 14.2 Å². The molecule has 6 nitrogen and oxygen atoms in total. The first-order valence-corrected chi connectivity index (χ1v) is 7.43. The maximum absolute atomic E-state index is 5.83. The van der Waals surface area contributed by atoms with E-state index in [2.05, 4.69) is 15.6 Å². The van der Waals surface area contributed by atoms with Crippen molar-refractivity contribution in [2.24, 2.45) is 4.99 Å². The molecule has 0 aromatic heterocycles. The number of aliphatic imine (C=N–C) groups is 1. The molecule has 1 atom stereocenters. The minimum absolute atomic E-state index is 0. The first-order chi connectivity index (χ1) is 10.7. The smallest absolute Gasteiger partial charge is 0.191 e. The lowest BCUT2D eigenvalue weighted by atomic mass is 10.3. The van der Waals surface area contributed by atoms with Crippen LogP contribution in [0.2, 0.25) is 0 Å². The molecule has 0 saturated heterocycles. The maximum Gasteiger partial charge on any atom is 0.191 e. The number of benzene rings is 1. The second-order valence-electron chi connectivity index (χ2n) is 4.83. The quantitative estimate of drug-likeness (QED) is 0.269. The molecule has 0 aliphatic rings. The summed E-state index contributed by atoms with van der Waals surface area (Å²) >= 11 is 0. The average molecular weight is 437 g/mol. The Morgan fingerprint density at radius 2 is 1.78 bits per heavy atom. The van der Waals surface area contributed by atoms with Gasteiger partial charge >= 0.3 is 0 Å². The lowest BCUT2D eigenvalue weighted by Crippen LogP contribution is -2.42. The van der Waals surface area contributed by atoms with Crippen molar-refractivity contribution in [3.05, 3.63) is 24.3 Å². The topological polar surface area (TPSA) is 64.1 Å². The van der Waals surface area contributed by atoms with Crippen molar-refractivity contribution in [1.82, 2.24) is 10.6 Å². The van der Waals surface area contributed by atoms with Crippen LogP contribution in [-0.4, -0.2) is 53.0 Å². The third kappa shape index (κ3) is 9.50. The Labute approximate surface area is 156 Å². The summed E-state index contributed by atoms with van der Waals surface area (Å²) in [6.07, 6.45) is 0.959. The predicted molar refractivity (Wildman–Crippen MR) is 104 cm³/mol. The van der Waals surface area contributed by atoms with Gasteiger partial charge in [-0.05, 0) is 37.6 Å². The highest BCUT2D eigenvalue weighted by Gasteiger charge is 2.05. The molecular weight excluding hydrogens is 409 g/mol. The molecule has 0 spiro atoms. The van der Waals surface area contributed by atoms with E-state index >= 15 is 0 Å². The van der Waals surface area contributed by atoms with E-state index < -0.39 is 0 Å². The number of hydrogen-bond acceptors (Lipinski definition) is 4. The molecule has 132 valence electrons. The molecule has 0 radical (unpaired) electrons. The average Bonchev–Trinajstić information content (AvgIpc) is 2.55.